The summed E-state index contributed by atoms with van der Waals surface area (Å²) < 4.78 is 15.8. The van der Waals surface area contributed by atoms with Crippen LogP contribution in [0, 0.1) is 5.82 Å². The number of anilines is 1. The zero-order valence-corrected chi connectivity index (χ0v) is 9.48. The number of rotatable bonds is 1. The number of imide groups is 1. The molecule has 0 spiro atoms. The second-order valence-electron chi connectivity index (χ2n) is 4.04. The Kier molecular flexibility index (Phi) is 2.09. The predicted octanol–water partition coefficient (Wildman–Crippen LogP) is 0.769. The van der Waals surface area contributed by atoms with Gasteiger partial charge in [0.15, 0.2) is 5.82 Å². The molecule has 0 unspecified atom stereocenters. The van der Waals surface area contributed by atoms with Crippen LogP contribution in [0.1, 0.15) is 0 Å². The van der Waals surface area contributed by atoms with E-state index in [1.807, 2.05) is 0 Å². The summed E-state index contributed by atoms with van der Waals surface area (Å²) >= 11 is 0. The summed E-state index contributed by atoms with van der Waals surface area (Å²) in [7, 11) is 1.70. The van der Waals surface area contributed by atoms with Crippen LogP contribution >= 0.6 is 0 Å². The third-order valence-corrected chi connectivity index (χ3v) is 2.93. The van der Waals surface area contributed by atoms with Gasteiger partial charge in [0.1, 0.15) is 6.54 Å². The first-order valence-electron chi connectivity index (χ1n) is 5.29. The molecule has 7 heteroatoms. The summed E-state index contributed by atoms with van der Waals surface area (Å²) in [4.78, 5) is 23.7. The van der Waals surface area contributed by atoms with Gasteiger partial charge in [-0.1, -0.05) is 0 Å². The van der Waals surface area contributed by atoms with Crippen molar-refractivity contribution in [3.05, 3.63) is 24.1 Å². The van der Waals surface area contributed by atoms with E-state index in [4.69, 9.17) is 0 Å². The van der Waals surface area contributed by atoms with Crippen molar-refractivity contribution in [2.45, 2.75) is 0 Å². The van der Waals surface area contributed by atoms with E-state index in [2.05, 4.69) is 10.4 Å². The van der Waals surface area contributed by atoms with Crippen LogP contribution < -0.4 is 10.2 Å². The summed E-state index contributed by atoms with van der Waals surface area (Å²) in [6.07, 6.45) is 1.39. The minimum Gasteiger partial charge on any atom is -0.282 e. The Balaban J connectivity index is 2.16. The number of carbonyl (C=O) groups is 2. The molecule has 2 aromatic rings. The number of hydrogen-bond donors (Lipinski definition) is 1. The number of urea groups is 1. The highest BCUT2D eigenvalue weighted by molar-refractivity contribution is 6.12. The van der Waals surface area contributed by atoms with Gasteiger partial charge in [0.05, 0.1) is 22.8 Å². The van der Waals surface area contributed by atoms with Gasteiger partial charge < -0.3 is 0 Å². The number of hydrogen-bond acceptors (Lipinski definition) is 3. The standard InChI is InChI=1S/C11H9FN4O2/c1-15-7-2-3-8(10(12)6(7)4-13-15)16-5-9(17)14-11(16)18/h2-4H,5H2,1H3,(H,14,17,18). The molecule has 0 bridgehead atoms. The molecule has 0 atom stereocenters. The smallest absolute Gasteiger partial charge is 0.282 e. The number of nitrogens with one attached hydrogen (secondary N) is 1. The van der Waals surface area contributed by atoms with E-state index >= 15 is 0 Å². The lowest BCUT2D eigenvalue weighted by Gasteiger charge is -2.14. The second kappa shape index (κ2) is 3.52. The first-order chi connectivity index (χ1) is 8.58. The van der Waals surface area contributed by atoms with Crippen molar-refractivity contribution >= 4 is 28.5 Å². The van der Waals surface area contributed by atoms with Crippen LogP contribution in [0.4, 0.5) is 14.9 Å². The maximum absolute atomic E-state index is 14.2. The van der Waals surface area contributed by atoms with Crippen LogP contribution in [0.25, 0.3) is 10.9 Å². The van der Waals surface area contributed by atoms with E-state index in [0.717, 1.165) is 4.90 Å². The number of carbonyl (C=O) groups excluding carboxylic acids is 2. The molecule has 6 nitrogen and oxygen atoms in total. The summed E-state index contributed by atoms with van der Waals surface area (Å²) in [5.74, 6) is -0.990. The van der Waals surface area contributed by atoms with Crippen molar-refractivity contribution < 1.29 is 14.0 Å². The molecule has 0 radical (unpaired) electrons. The molecule has 1 N–H and O–H groups in total. The number of nitrogens with zero attached hydrogens (tertiary/aromatic N) is 3. The van der Waals surface area contributed by atoms with Crippen molar-refractivity contribution in [2.24, 2.45) is 7.05 Å². The average molecular weight is 248 g/mol. The highest BCUT2D eigenvalue weighted by Crippen LogP contribution is 2.27. The number of amides is 3. The molecule has 1 aliphatic rings. The third-order valence-electron chi connectivity index (χ3n) is 2.93. The molecule has 1 fully saturated rings. The fraction of sp³-hybridized carbons (Fsp3) is 0.182. The van der Waals surface area contributed by atoms with Crippen LogP contribution in [0.2, 0.25) is 0 Å². The summed E-state index contributed by atoms with van der Waals surface area (Å²) in [6.45, 7) is -0.165. The molecular formula is C11H9FN4O2. The quantitative estimate of drug-likeness (QED) is 0.758. The normalized spacial score (nSPS) is 15.6. The Morgan fingerprint density at radius 2 is 2.17 bits per heavy atom. The largest absolute Gasteiger partial charge is 0.329 e. The van der Waals surface area contributed by atoms with Gasteiger partial charge in [0.2, 0.25) is 5.91 Å². The van der Waals surface area contributed by atoms with E-state index in [1.54, 1.807) is 13.1 Å². The monoisotopic (exact) mass is 248 g/mol. The molecular weight excluding hydrogens is 239 g/mol. The Morgan fingerprint density at radius 1 is 1.39 bits per heavy atom. The van der Waals surface area contributed by atoms with Gasteiger partial charge in [0, 0.05) is 7.05 Å². The van der Waals surface area contributed by atoms with E-state index in [1.165, 1.54) is 16.9 Å². The third kappa shape index (κ3) is 1.37. The van der Waals surface area contributed by atoms with E-state index in [-0.39, 0.29) is 12.2 Å². The predicted molar refractivity (Wildman–Crippen MR) is 61.6 cm³/mol. The zero-order chi connectivity index (χ0) is 12.9. The average Bonchev–Trinajstić information content (AvgIpc) is 2.84. The molecule has 3 amide bonds. The molecule has 1 aliphatic heterocycles. The molecule has 1 aromatic carbocycles. The molecule has 0 saturated carbocycles. The molecule has 1 aromatic heterocycles. The van der Waals surface area contributed by atoms with Crippen LogP contribution in [-0.2, 0) is 11.8 Å². The molecule has 18 heavy (non-hydrogen) atoms. The van der Waals surface area contributed by atoms with Crippen LogP contribution in [0.15, 0.2) is 18.3 Å². The fourth-order valence-electron chi connectivity index (χ4n) is 2.03. The Labute approximate surface area is 101 Å². The summed E-state index contributed by atoms with van der Waals surface area (Å²) in [6, 6.07) is 2.52. The number of halogens is 1. The van der Waals surface area contributed by atoms with Crippen LogP contribution in [0.5, 0.6) is 0 Å². The molecule has 0 aliphatic carbocycles. The number of fused-ring (bicyclic) bond motifs is 1. The molecule has 2 heterocycles. The van der Waals surface area contributed by atoms with Gasteiger partial charge in [-0.15, -0.1) is 0 Å². The van der Waals surface area contributed by atoms with Crippen molar-refractivity contribution in [3.63, 3.8) is 0 Å². The van der Waals surface area contributed by atoms with E-state index in [9.17, 15) is 14.0 Å². The maximum Gasteiger partial charge on any atom is 0.329 e. The van der Waals surface area contributed by atoms with Crippen molar-refractivity contribution in [1.29, 1.82) is 0 Å². The van der Waals surface area contributed by atoms with Crippen molar-refractivity contribution in [2.75, 3.05) is 11.4 Å². The highest BCUT2D eigenvalue weighted by Gasteiger charge is 2.30. The van der Waals surface area contributed by atoms with Crippen molar-refractivity contribution in [1.82, 2.24) is 15.1 Å². The van der Waals surface area contributed by atoms with Crippen LogP contribution in [-0.4, -0.2) is 28.3 Å². The van der Waals surface area contributed by atoms with Gasteiger partial charge in [0.25, 0.3) is 0 Å². The van der Waals surface area contributed by atoms with Gasteiger partial charge in [-0.3, -0.25) is 19.7 Å². The summed E-state index contributed by atoms with van der Waals surface area (Å²) in [5, 5.41) is 6.38. The SMILES string of the molecule is Cn1ncc2c(F)c(N3CC(=O)NC3=O)ccc21. The number of aryl methyl sites for hydroxylation is 1. The first-order valence-corrected chi connectivity index (χ1v) is 5.29. The second-order valence-corrected chi connectivity index (χ2v) is 4.04. The Morgan fingerprint density at radius 3 is 2.83 bits per heavy atom. The van der Waals surface area contributed by atoms with Crippen LogP contribution in [0.3, 0.4) is 0 Å². The minimum absolute atomic E-state index is 0.0823. The van der Waals surface area contributed by atoms with Gasteiger partial charge >= 0.3 is 6.03 Å². The molecule has 3 rings (SSSR count). The minimum atomic E-state index is -0.609. The lowest BCUT2D eigenvalue weighted by Crippen LogP contribution is -2.28. The highest BCUT2D eigenvalue weighted by atomic mass is 19.1. The first kappa shape index (κ1) is 10.7. The van der Waals surface area contributed by atoms with Gasteiger partial charge in [-0.2, -0.15) is 5.10 Å². The van der Waals surface area contributed by atoms with E-state index < -0.39 is 17.8 Å². The lowest BCUT2D eigenvalue weighted by molar-refractivity contribution is -0.117. The maximum atomic E-state index is 14.2. The topological polar surface area (TPSA) is 67.2 Å². The van der Waals surface area contributed by atoms with Crippen molar-refractivity contribution in [3.8, 4) is 0 Å². The fourth-order valence-corrected chi connectivity index (χ4v) is 2.03. The zero-order valence-electron chi connectivity index (χ0n) is 9.48. The number of benzene rings is 1. The number of aromatic nitrogens is 2. The lowest BCUT2D eigenvalue weighted by atomic mass is 10.2. The summed E-state index contributed by atoms with van der Waals surface area (Å²) in [5.41, 5.74) is 0.709. The molecule has 92 valence electrons. The van der Waals surface area contributed by atoms with Gasteiger partial charge in [-0.05, 0) is 12.1 Å². The van der Waals surface area contributed by atoms with E-state index in [0.29, 0.717) is 10.9 Å². The molecule has 1 saturated heterocycles. The van der Waals surface area contributed by atoms with Gasteiger partial charge in [-0.25, -0.2) is 9.18 Å². The Hall–Kier alpha value is -2.44. The Bertz CT molecular complexity index is 679.